The molecule has 1 aromatic rings. The highest BCUT2D eigenvalue weighted by atomic mass is 16.5. The molecule has 1 rings (SSSR count). The molecule has 1 atom stereocenters. The van der Waals surface area contributed by atoms with Crippen molar-refractivity contribution in [3.05, 3.63) is 29.8 Å². The van der Waals surface area contributed by atoms with Gasteiger partial charge in [-0.25, -0.2) is 0 Å². The largest absolute Gasteiger partial charge is 0.496 e. The van der Waals surface area contributed by atoms with Crippen LogP contribution < -0.4 is 10.1 Å². The van der Waals surface area contributed by atoms with E-state index in [1.54, 1.807) is 7.11 Å². The molecule has 1 aromatic carbocycles. The van der Waals surface area contributed by atoms with Crippen molar-refractivity contribution in [2.24, 2.45) is 0 Å². The standard InChI is InChI=1S/C12H19NO2/c1-3-11(13-8-9-14)10-6-4-5-7-12(10)15-2/h4-7,11,13-14H,3,8-9H2,1-2H3. The molecule has 0 aliphatic rings. The van der Waals surface area contributed by atoms with Gasteiger partial charge in [0, 0.05) is 18.2 Å². The average Bonchev–Trinajstić information content (AvgIpc) is 2.30. The van der Waals surface area contributed by atoms with Gasteiger partial charge in [0.1, 0.15) is 5.75 Å². The first-order valence-corrected chi connectivity index (χ1v) is 5.30. The van der Waals surface area contributed by atoms with Gasteiger partial charge in [-0.2, -0.15) is 0 Å². The monoisotopic (exact) mass is 209 g/mol. The molecule has 0 amide bonds. The molecule has 0 aliphatic carbocycles. The van der Waals surface area contributed by atoms with Gasteiger partial charge >= 0.3 is 0 Å². The first-order valence-electron chi connectivity index (χ1n) is 5.30. The van der Waals surface area contributed by atoms with Crippen molar-refractivity contribution in [1.29, 1.82) is 0 Å². The maximum Gasteiger partial charge on any atom is 0.123 e. The van der Waals surface area contributed by atoms with Crippen LogP contribution in [0.2, 0.25) is 0 Å². The van der Waals surface area contributed by atoms with Gasteiger partial charge in [0.2, 0.25) is 0 Å². The molecule has 84 valence electrons. The fourth-order valence-electron chi connectivity index (χ4n) is 1.67. The van der Waals surface area contributed by atoms with Crippen molar-refractivity contribution in [2.75, 3.05) is 20.3 Å². The summed E-state index contributed by atoms with van der Waals surface area (Å²) in [5, 5.41) is 12.1. The molecular weight excluding hydrogens is 190 g/mol. The van der Waals surface area contributed by atoms with Crippen LogP contribution in [0.25, 0.3) is 0 Å². The zero-order valence-corrected chi connectivity index (χ0v) is 9.36. The van der Waals surface area contributed by atoms with Gasteiger partial charge < -0.3 is 15.2 Å². The van der Waals surface area contributed by atoms with Gasteiger partial charge in [-0.3, -0.25) is 0 Å². The van der Waals surface area contributed by atoms with Crippen molar-refractivity contribution in [3.63, 3.8) is 0 Å². The van der Waals surface area contributed by atoms with E-state index in [4.69, 9.17) is 9.84 Å². The van der Waals surface area contributed by atoms with E-state index in [2.05, 4.69) is 18.3 Å². The van der Waals surface area contributed by atoms with Crippen LogP contribution >= 0.6 is 0 Å². The van der Waals surface area contributed by atoms with Crippen molar-refractivity contribution in [1.82, 2.24) is 5.32 Å². The summed E-state index contributed by atoms with van der Waals surface area (Å²) in [7, 11) is 1.68. The number of hydrogen-bond acceptors (Lipinski definition) is 3. The summed E-state index contributed by atoms with van der Waals surface area (Å²) in [5.74, 6) is 0.898. The Morgan fingerprint density at radius 3 is 2.73 bits per heavy atom. The minimum atomic E-state index is 0.158. The molecule has 0 aromatic heterocycles. The number of hydrogen-bond donors (Lipinski definition) is 2. The van der Waals surface area contributed by atoms with E-state index < -0.39 is 0 Å². The zero-order chi connectivity index (χ0) is 11.1. The molecule has 15 heavy (non-hydrogen) atoms. The molecular formula is C12H19NO2. The molecule has 3 heteroatoms. The van der Waals surface area contributed by atoms with Crippen LogP contribution in [0, 0.1) is 0 Å². The third kappa shape index (κ3) is 3.22. The highest BCUT2D eigenvalue weighted by Gasteiger charge is 2.12. The number of ether oxygens (including phenoxy) is 1. The molecule has 0 aliphatic heterocycles. The van der Waals surface area contributed by atoms with Crippen molar-refractivity contribution < 1.29 is 9.84 Å². The van der Waals surface area contributed by atoms with Crippen LogP contribution in [0.3, 0.4) is 0 Å². The van der Waals surface area contributed by atoms with E-state index in [-0.39, 0.29) is 12.6 Å². The summed E-state index contributed by atoms with van der Waals surface area (Å²) in [6.07, 6.45) is 0.973. The Morgan fingerprint density at radius 2 is 2.13 bits per heavy atom. The molecule has 2 N–H and O–H groups in total. The molecule has 0 radical (unpaired) electrons. The van der Waals surface area contributed by atoms with Crippen LogP contribution in [0.1, 0.15) is 24.9 Å². The van der Waals surface area contributed by atoms with Crippen LogP contribution in [0.5, 0.6) is 5.75 Å². The number of para-hydroxylation sites is 1. The summed E-state index contributed by atoms with van der Waals surface area (Å²) >= 11 is 0. The predicted octanol–water partition coefficient (Wildman–Crippen LogP) is 1.73. The maximum absolute atomic E-state index is 8.79. The lowest BCUT2D eigenvalue weighted by atomic mass is 10.0. The molecule has 0 saturated carbocycles. The molecule has 0 fully saturated rings. The number of nitrogens with one attached hydrogen (secondary N) is 1. The fourth-order valence-corrected chi connectivity index (χ4v) is 1.67. The molecule has 0 saturated heterocycles. The molecule has 0 bridgehead atoms. The van der Waals surface area contributed by atoms with Gasteiger partial charge in [-0.1, -0.05) is 25.1 Å². The van der Waals surface area contributed by atoms with Gasteiger partial charge in [-0.15, -0.1) is 0 Å². The number of rotatable bonds is 6. The Balaban J connectivity index is 2.80. The SMILES string of the molecule is CCC(NCCO)c1ccccc1OC. The van der Waals surface area contributed by atoms with Gasteiger partial charge in [0.15, 0.2) is 0 Å². The number of aliphatic hydroxyl groups is 1. The lowest BCUT2D eigenvalue weighted by Crippen LogP contribution is -2.24. The third-order valence-corrected chi connectivity index (χ3v) is 2.43. The van der Waals surface area contributed by atoms with Crippen LogP contribution in [0.15, 0.2) is 24.3 Å². The van der Waals surface area contributed by atoms with Gasteiger partial charge in [0.25, 0.3) is 0 Å². The Hall–Kier alpha value is -1.06. The van der Waals surface area contributed by atoms with Crippen LogP contribution in [-0.2, 0) is 0 Å². The second-order valence-corrected chi connectivity index (χ2v) is 3.38. The Kier molecular flexibility index (Phi) is 5.15. The molecule has 1 unspecified atom stereocenters. The Labute approximate surface area is 91.1 Å². The average molecular weight is 209 g/mol. The summed E-state index contributed by atoms with van der Waals surface area (Å²) in [6, 6.07) is 8.21. The second kappa shape index (κ2) is 6.43. The highest BCUT2D eigenvalue weighted by Crippen LogP contribution is 2.26. The van der Waals surface area contributed by atoms with E-state index in [0.717, 1.165) is 17.7 Å². The highest BCUT2D eigenvalue weighted by molar-refractivity contribution is 5.35. The number of methoxy groups -OCH3 is 1. The minimum Gasteiger partial charge on any atom is -0.496 e. The summed E-state index contributed by atoms with van der Waals surface area (Å²) in [4.78, 5) is 0. The summed E-state index contributed by atoms with van der Waals surface area (Å²) in [5.41, 5.74) is 1.15. The topological polar surface area (TPSA) is 41.5 Å². The lowest BCUT2D eigenvalue weighted by Gasteiger charge is -2.19. The van der Waals surface area contributed by atoms with E-state index in [9.17, 15) is 0 Å². The van der Waals surface area contributed by atoms with E-state index >= 15 is 0 Å². The van der Waals surface area contributed by atoms with Gasteiger partial charge in [0.05, 0.1) is 13.7 Å². The van der Waals surface area contributed by atoms with Crippen molar-refractivity contribution in [2.45, 2.75) is 19.4 Å². The van der Waals surface area contributed by atoms with E-state index in [1.807, 2.05) is 18.2 Å². The lowest BCUT2D eigenvalue weighted by molar-refractivity contribution is 0.282. The predicted molar refractivity (Wildman–Crippen MR) is 61.1 cm³/mol. The van der Waals surface area contributed by atoms with Gasteiger partial charge in [-0.05, 0) is 12.5 Å². The smallest absolute Gasteiger partial charge is 0.123 e. The van der Waals surface area contributed by atoms with Crippen molar-refractivity contribution in [3.8, 4) is 5.75 Å². The quantitative estimate of drug-likeness (QED) is 0.749. The first kappa shape index (κ1) is 12.0. The molecule has 0 heterocycles. The molecule has 0 spiro atoms. The molecule has 3 nitrogen and oxygen atoms in total. The normalized spacial score (nSPS) is 12.5. The number of benzene rings is 1. The summed E-state index contributed by atoms with van der Waals surface area (Å²) < 4.78 is 5.31. The fraction of sp³-hybridized carbons (Fsp3) is 0.500. The van der Waals surface area contributed by atoms with Crippen LogP contribution in [-0.4, -0.2) is 25.4 Å². The summed E-state index contributed by atoms with van der Waals surface area (Å²) in [6.45, 7) is 2.88. The maximum atomic E-state index is 8.79. The minimum absolute atomic E-state index is 0.158. The Morgan fingerprint density at radius 1 is 1.40 bits per heavy atom. The van der Waals surface area contributed by atoms with Crippen molar-refractivity contribution >= 4 is 0 Å². The first-order chi connectivity index (χ1) is 7.33. The Bertz CT molecular complexity index is 289. The van der Waals surface area contributed by atoms with Crippen LogP contribution in [0.4, 0.5) is 0 Å². The van der Waals surface area contributed by atoms with E-state index in [1.165, 1.54) is 0 Å². The number of aliphatic hydroxyl groups excluding tert-OH is 1. The third-order valence-electron chi connectivity index (χ3n) is 2.43. The zero-order valence-electron chi connectivity index (χ0n) is 9.36. The van der Waals surface area contributed by atoms with E-state index in [0.29, 0.717) is 6.54 Å². The second-order valence-electron chi connectivity index (χ2n) is 3.38.